The maximum Gasteiger partial charge on any atom is 0.305 e. The zero-order valence-electron chi connectivity index (χ0n) is 7.50. The fourth-order valence-corrected chi connectivity index (χ4v) is 1.23. The van der Waals surface area contributed by atoms with Gasteiger partial charge in [0.2, 0.25) is 6.29 Å². The van der Waals surface area contributed by atoms with E-state index in [4.69, 9.17) is 9.47 Å². The van der Waals surface area contributed by atoms with Gasteiger partial charge in [0.15, 0.2) is 0 Å². The van der Waals surface area contributed by atoms with Crippen LogP contribution in [0.15, 0.2) is 11.6 Å². The van der Waals surface area contributed by atoms with Crippen LogP contribution in [0.1, 0.15) is 26.7 Å². The van der Waals surface area contributed by atoms with Crippen LogP contribution in [-0.2, 0) is 14.3 Å². The van der Waals surface area contributed by atoms with Gasteiger partial charge >= 0.3 is 5.97 Å². The van der Waals surface area contributed by atoms with Gasteiger partial charge in [-0.05, 0) is 25.3 Å². The number of hydrogen-bond acceptors (Lipinski definition) is 3. The van der Waals surface area contributed by atoms with E-state index in [0.717, 1.165) is 18.4 Å². The first-order valence-electron chi connectivity index (χ1n) is 4.18. The van der Waals surface area contributed by atoms with Crippen molar-refractivity contribution in [2.24, 2.45) is 0 Å². The van der Waals surface area contributed by atoms with Crippen molar-refractivity contribution in [1.82, 2.24) is 0 Å². The van der Waals surface area contributed by atoms with Crippen molar-refractivity contribution in [3.8, 4) is 0 Å². The predicted octanol–water partition coefficient (Wildman–Crippen LogP) is 1.63. The summed E-state index contributed by atoms with van der Waals surface area (Å²) in [5, 5.41) is 0. The van der Waals surface area contributed by atoms with Gasteiger partial charge in [0.25, 0.3) is 0 Å². The van der Waals surface area contributed by atoms with Gasteiger partial charge in [-0.15, -0.1) is 0 Å². The molecule has 12 heavy (non-hydrogen) atoms. The Labute approximate surface area is 72.4 Å². The zero-order valence-corrected chi connectivity index (χ0v) is 7.50. The predicted molar refractivity (Wildman–Crippen MR) is 44.5 cm³/mol. The molecule has 0 bridgehead atoms. The summed E-state index contributed by atoms with van der Waals surface area (Å²) < 4.78 is 10.2. The van der Waals surface area contributed by atoms with Gasteiger partial charge in [0.1, 0.15) is 0 Å². The molecule has 68 valence electrons. The van der Waals surface area contributed by atoms with Crippen LogP contribution in [-0.4, -0.2) is 18.9 Å². The van der Waals surface area contributed by atoms with Gasteiger partial charge in [-0.3, -0.25) is 4.79 Å². The van der Waals surface area contributed by atoms with E-state index in [-0.39, 0.29) is 5.97 Å². The molecule has 0 saturated carbocycles. The molecular formula is C9H14O3. The van der Waals surface area contributed by atoms with Crippen LogP contribution in [0.3, 0.4) is 0 Å². The van der Waals surface area contributed by atoms with Gasteiger partial charge in [0, 0.05) is 6.92 Å². The fraction of sp³-hybridized carbons (Fsp3) is 0.667. The smallest absolute Gasteiger partial charge is 0.305 e. The van der Waals surface area contributed by atoms with Crippen LogP contribution in [0.4, 0.5) is 0 Å². The summed E-state index contributed by atoms with van der Waals surface area (Å²) in [5.41, 5.74) is 1.07. The number of allylic oxidation sites excluding steroid dienone is 1. The number of esters is 1. The van der Waals surface area contributed by atoms with Gasteiger partial charge in [0.05, 0.1) is 6.61 Å². The number of carbonyl (C=O) groups is 1. The third kappa shape index (κ3) is 2.34. The third-order valence-corrected chi connectivity index (χ3v) is 1.83. The molecule has 0 N–H and O–H groups in total. The molecule has 1 saturated heterocycles. The second-order valence-electron chi connectivity index (χ2n) is 2.78. The molecule has 1 aliphatic rings. The average Bonchev–Trinajstić information content (AvgIpc) is 2.04. The van der Waals surface area contributed by atoms with Crippen LogP contribution in [0.2, 0.25) is 0 Å². The van der Waals surface area contributed by atoms with E-state index in [1.54, 1.807) is 0 Å². The highest BCUT2D eigenvalue weighted by molar-refractivity contribution is 5.66. The standard InChI is InChI=1S/C9H14O3/c1-3-8-5-4-6-11-9(8)12-7(2)10/h3,9H,4-6H2,1-2H3. The molecule has 1 rings (SSSR count). The molecule has 0 spiro atoms. The summed E-state index contributed by atoms with van der Waals surface area (Å²) in [4.78, 5) is 10.6. The zero-order chi connectivity index (χ0) is 8.97. The van der Waals surface area contributed by atoms with Gasteiger partial charge < -0.3 is 9.47 Å². The second kappa shape index (κ2) is 4.26. The molecule has 0 aromatic carbocycles. The molecule has 0 aromatic heterocycles. The third-order valence-electron chi connectivity index (χ3n) is 1.83. The fourth-order valence-electron chi connectivity index (χ4n) is 1.23. The van der Waals surface area contributed by atoms with E-state index in [2.05, 4.69) is 0 Å². The number of rotatable bonds is 1. The maximum atomic E-state index is 10.6. The molecule has 0 amide bonds. The normalized spacial score (nSPS) is 27.2. The lowest BCUT2D eigenvalue weighted by Crippen LogP contribution is -2.26. The summed E-state index contributed by atoms with van der Waals surface area (Å²) in [6, 6.07) is 0. The van der Waals surface area contributed by atoms with Crippen molar-refractivity contribution < 1.29 is 14.3 Å². The molecule has 3 nitrogen and oxygen atoms in total. The summed E-state index contributed by atoms with van der Waals surface area (Å²) >= 11 is 0. The minimum absolute atomic E-state index is 0.291. The molecule has 1 fully saturated rings. The highest BCUT2D eigenvalue weighted by atomic mass is 16.7. The molecule has 1 heterocycles. The van der Waals surface area contributed by atoms with Gasteiger partial charge in [-0.2, -0.15) is 0 Å². The Morgan fingerprint density at radius 2 is 2.50 bits per heavy atom. The maximum absolute atomic E-state index is 10.6. The van der Waals surface area contributed by atoms with Crippen molar-refractivity contribution in [3.05, 3.63) is 11.6 Å². The van der Waals surface area contributed by atoms with E-state index in [0.29, 0.717) is 6.61 Å². The average molecular weight is 170 g/mol. The summed E-state index contributed by atoms with van der Waals surface area (Å²) in [6.07, 6.45) is 3.50. The monoisotopic (exact) mass is 170 g/mol. The van der Waals surface area contributed by atoms with Crippen LogP contribution < -0.4 is 0 Å². The molecule has 1 unspecified atom stereocenters. The van der Waals surface area contributed by atoms with E-state index in [9.17, 15) is 4.79 Å². The van der Waals surface area contributed by atoms with Crippen molar-refractivity contribution in [2.75, 3.05) is 6.61 Å². The SMILES string of the molecule is CC=C1CCCOC1OC(C)=O. The molecule has 0 aliphatic carbocycles. The topological polar surface area (TPSA) is 35.5 Å². The number of hydrogen-bond donors (Lipinski definition) is 0. The second-order valence-corrected chi connectivity index (χ2v) is 2.78. The lowest BCUT2D eigenvalue weighted by molar-refractivity contribution is -0.172. The van der Waals surface area contributed by atoms with Crippen LogP contribution in [0, 0.1) is 0 Å². The van der Waals surface area contributed by atoms with E-state index >= 15 is 0 Å². The van der Waals surface area contributed by atoms with E-state index < -0.39 is 6.29 Å². The van der Waals surface area contributed by atoms with Gasteiger partial charge in [-0.25, -0.2) is 0 Å². The molecule has 3 heteroatoms. The first kappa shape index (κ1) is 9.26. The van der Waals surface area contributed by atoms with Crippen LogP contribution in [0.25, 0.3) is 0 Å². The molecule has 1 aliphatic heterocycles. The summed E-state index contributed by atoms with van der Waals surface area (Å²) in [7, 11) is 0. The van der Waals surface area contributed by atoms with Crippen molar-refractivity contribution in [1.29, 1.82) is 0 Å². The first-order valence-corrected chi connectivity index (χ1v) is 4.18. The molecule has 1 atom stereocenters. The Hall–Kier alpha value is -0.830. The molecule has 0 aromatic rings. The van der Waals surface area contributed by atoms with Crippen molar-refractivity contribution >= 4 is 5.97 Å². The van der Waals surface area contributed by atoms with Gasteiger partial charge in [-0.1, -0.05) is 6.08 Å². The number of ether oxygens (including phenoxy) is 2. The quantitative estimate of drug-likeness (QED) is 0.443. The lowest BCUT2D eigenvalue weighted by Gasteiger charge is -2.24. The van der Waals surface area contributed by atoms with Crippen molar-refractivity contribution in [2.45, 2.75) is 33.0 Å². The number of carbonyl (C=O) groups excluding carboxylic acids is 1. The van der Waals surface area contributed by atoms with Crippen LogP contribution >= 0.6 is 0 Å². The van der Waals surface area contributed by atoms with E-state index in [1.165, 1.54) is 6.92 Å². The summed E-state index contributed by atoms with van der Waals surface area (Å²) in [6.45, 7) is 4.00. The highest BCUT2D eigenvalue weighted by Crippen LogP contribution is 2.20. The minimum atomic E-state index is -0.429. The molecule has 0 radical (unpaired) electrons. The Bertz CT molecular complexity index is 196. The highest BCUT2D eigenvalue weighted by Gasteiger charge is 2.20. The Balaban J connectivity index is 2.53. The summed E-state index contributed by atoms with van der Waals surface area (Å²) in [5.74, 6) is -0.291. The lowest BCUT2D eigenvalue weighted by atomic mass is 10.1. The van der Waals surface area contributed by atoms with Crippen LogP contribution in [0.5, 0.6) is 0 Å². The van der Waals surface area contributed by atoms with E-state index in [1.807, 2.05) is 13.0 Å². The largest absolute Gasteiger partial charge is 0.432 e. The first-order chi connectivity index (χ1) is 5.74. The Morgan fingerprint density at radius 1 is 1.75 bits per heavy atom. The minimum Gasteiger partial charge on any atom is -0.432 e. The Kier molecular flexibility index (Phi) is 3.29. The Morgan fingerprint density at radius 3 is 3.08 bits per heavy atom. The molecular weight excluding hydrogens is 156 g/mol. The van der Waals surface area contributed by atoms with Crippen molar-refractivity contribution in [3.63, 3.8) is 0 Å².